The molecule has 0 saturated heterocycles. The van der Waals surface area contributed by atoms with Crippen LogP contribution in [-0.4, -0.2) is 35.4 Å². The van der Waals surface area contributed by atoms with Gasteiger partial charge in [0.05, 0.1) is 0 Å². The number of hydrogen-bond donors (Lipinski definition) is 0. The summed E-state index contributed by atoms with van der Waals surface area (Å²) in [6.07, 6.45) is 0. The summed E-state index contributed by atoms with van der Waals surface area (Å²) >= 11 is 0. The van der Waals surface area contributed by atoms with E-state index in [4.69, 9.17) is 0 Å². The van der Waals surface area contributed by atoms with Gasteiger partial charge < -0.3 is 4.57 Å². The topological polar surface area (TPSA) is 3.24 Å². The van der Waals surface area contributed by atoms with Crippen LogP contribution in [-0.2, 0) is 0 Å². The Morgan fingerprint density at radius 2 is 1.73 bits per heavy atom. The third kappa shape index (κ3) is 6.33. The molecule has 90 valence electrons. The lowest BCUT2D eigenvalue weighted by molar-refractivity contribution is 0.466. The molecule has 0 radical (unpaired) electrons. The Balaban J connectivity index is 3.97. The molecule has 1 nitrogen and oxygen atoms in total. The van der Waals surface area contributed by atoms with Gasteiger partial charge in [0.15, 0.2) is 0 Å². The molecular weight excluding hydrogens is 214 g/mol. The van der Waals surface area contributed by atoms with E-state index in [0.717, 1.165) is 0 Å². The normalized spacial score (nSPS) is 12.7. The summed E-state index contributed by atoms with van der Waals surface area (Å²) in [5, 5.41) is 0. The molecule has 0 N–H and O–H groups in total. The van der Waals surface area contributed by atoms with Gasteiger partial charge >= 0.3 is 0 Å². The Bertz CT molecular complexity index is 192. The smallest absolute Gasteiger partial charge is 0.121 e. The van der Waals surface area contributed by atoms with Gasteiger partial charge in [-0.3, -0.25) is 0 Å². The van der Waals surface area contributed by atoms with E-state index in [-0.39, 0.29) is 9.52 Å². The minimum Gasteiger partial charge on any atom is -0.324 e. The zero-order valence-corrected chi connectivity index (χ0v) is 14.0. The highest BCUT2D eigenvalue weighted by Gasteiger charge is 2.25. The lowest BCUT2D eigenvalue weighted by atomic mass is 10.4. The van der Waals surface area contributed by atoms with E-state index in [1.165, 1.54) is 30.8 Å². The zero-order valence-electron chi connectivity index (χ0n) is 11.6. The highest BCUT2D eigenvalue weighted by Crippen LogP contribution is 2.17. The molecule has 0 amide bonds. The van der Waals surface area contributed by atoms with Crippen LogP contribution in [0.15, 0.2) is 11.3 Å². The molecular formula is C12H29NSi2. The van der Waals surface area contributed by atoms with E-state index in [9.17, 15) is 0 Å². The molecule has 0 aliphatic carbocycles. The predicted octanol–water partition coefficient (Wildman–Crippen LogP) is 3.04. The lowest BCUT2D eigenvalue weighted by Gasteiger charge is -2.35. The van der Waals surface area contributed by atoms with Crippen LogP contribution < -0.4 is 0 Å². The van der Waals surface area contributed by atoms with Crippen molar-refractivity contribution >= 4 is 17.8 Å². The highest BCUT2D eigenvalue weighted by molar-refractivity contribution is 6.75. The molecule has 0 aliphatic rings. The third-order valence-corrected chi connectivity index (χ3v) is 9.66. The fourth-order valence-corrected chi connectivity index (χ4v) is 9.25. The average molecular weight is 244 g/mol. The molecule has 0 aromatic heterocycles. The molecule has 3 heteroatoms. The quantitative estimate of drug-likeness (QED) is 0.491. The van der Waals surface area contributed by atoms with Crippen molar-refractivity contribution in [2.75, 3.05) is 13.1 Å². The van der Waals surface area contributed by atoms with E-state index in [2.05, 4.69) is 51.1 Å². The molecule has 0 rings (SSSR count). The summed E-state index contributed by atoms with van der Waals surface area (Å²) in [4.78, 5) is 0. The zero-order chi connectivity index (χ0) is 11.9. The van der Waals surface area contributed by atoms with Crippen molar-refractivity contribution in [3.05, 3.63) is 11.3 Å². The first-order valence-corrected chi connectivity index (χ1v) is 11.3. The van der Waals surface area contributed by atoms with Crippen molar-refractivity contribution < 1.29 is 0 Å². The van der Waals surface area contributed by atoms with Crippen LogP contribution in [0.3, 0.4) is 0 Å². The van der Waals surface area contributed by atoms with Gasteiger partial charge in [-0.1, -0.05) is 38.6 Å². The van der Waals surface area contributed by atoms with Crippen molar-refractivity contribution in [3.8, 4) is 0 Å². The summed E-state index contributed by atoms with van der Waals surface area (Å²) in [6, 6.07) is 2.99. The summed E-state index contributed by atoms with van der Waals surface area (Å²) in [5.41, 5.74) is 4.02. The Kier molecular flexibility index (Phi) is 7.48. The monoisotopic (exact) mass is 243 g/mol. The standard InChI is InChI=1S/C12H29NSi2/c1-7-13(8-2)15(5,6)10-9-14-11-12(3)4/h11H,7-10,14H2,1-6H3. The highest BCUT2D eigenvalue weighted by atomic mass is 28.3. The fraction of sp³-hybridized carbons (Fsp3) is 0.833. The van der Waals surface area contributed by atoms with Crippen LogP contribution in [0.1, 0.15) is 27.7 Å². The van der Waals surface area contributed by atoms with Gasteiger partial charge in [0.1, 0.15) is 8.24 Å². The Morgan fingerprint density at radius 3 is 2.13 bits per heavy atom. The molecule has 0 bridgehead atoms. The Labute approximate surface area is 99.9 Å². The van der Waals surface area contributed by atoms with Crippen LogP contribution in [0.25, 0.3) is 0 Å². The molecule has 15 heavy (non-hydrogen) atoms. The van der Waals surface area contributed by atoms with Crippen LogP contribution in [0.5, 0.6) is 0 Å². The third-order valence-electron chi connectivity index (χ3n) is 3.16. The summed E-state index contributed by atoms with van der Waals surface area (Å²) in [7, 11) is -0.983. The van der Waals surface area contributed by atoms with Gasteiger partial charge in [-0.15, -0.1) is 5.70 Å². The second kappa shape index (κ2) is 7.41. The Hall–Kier alpha value is 0.134. The maximum atomic E-state index is 2.71. The van der Waals surface area contributed by atoms with E-state index in [1.54, 1.807) is 0 Å². The van der Waals surface area contributed by atoms with Crippen LogP contribution in [0, 0.1) is 0 Å². The number of nitrogens with zero attached hydrogens (tertiary/aromatic N) is 1. The van der Waals surface area contributed by atoms with Crippen molar-refractivity contribution in [2.24, 2.45) is 0 Å². The predicted molar refractivity (Wildman–Crippen MR) is 78.0 cm³/mol. The van der Waals surface area contributed by atoms with E-state index in [1.807, 2.05) is 0 Å². The van der Waals surface area contributed by atoms with Crippen LogP contribution in [0.4, 0.5) is 0 Å². The summed E-state index contributed by atoms with van der Waals surface area (Å²) < 4.78 is 2.71. The van der Waals surface area contributed by atoms with Crippen LogP contribution >= 0.6 is 0 Å². The molecule has 0 spiro atoms. The van der Waals surface area contributed by atoms with E-state index < -0.39 is 8.24 Å². The first-order valence-electron chi connectivity index (χ1n) is 6.32. The molecule has 0 atom stereocenters. The molecule has 0 aromatic carbocycles. The second-order valence-electron chi connectivity index (χ2n) is 5.16. The van der Waals surface area contributed by atoms with Crippen molar-refractivity contribution in [2.45, 2.75) is 52.9 Å². The first kappa shape index (κ1) is 15.1. The molecule has 0 fully saturated rings. The minimum absolute atomic E-state index is 0.0828. The van der Waals surface area contributed by atoms with E-state index in [0.29, 0.717) is 0 Å². The molecule has 0 saturated carbocycles. The van der Waals surface area contributed by atoms with Crippen molar-refractivity contribution in [1.82, 2.24) is 4.57 Å². The molecule has 0 aliphatic heterocycles. The fourth-order valence-electron chi connectivity index (χ4n) is 2.16. The maximum absolute atomic E-state index is 2.71. The van der Waals surface area contributed by atoms with Gasteiger partial charge in [0.2, 0.25) is 0 Å². The average Bonchev–Trinajstić information content (AvgIpc) is 2.14. The number of allylic oxidation sites excluding steroid dienone is 1. The molecule has 0 heterocycles. The van der Waals surface area contributed by atoms with Gasteiger partial charge in [0, 0.05) is 9.52 Å². The first-order chi connectivity index (χ1) is 6.94. The second-order valence-corrected chi connectivity index (χ2v) is 11.6. The van der Waals surface area contributed by atoms with Gasteiger partial charge in [-0.2, -0.15) is 0 Å². The summed E-state index contributed by atoms with van der Waals surface area (Å²) in [6.45, 7) is 16.6. The van der Waals surface area contributed by atoms with Gasteiger partial charge in [-0.05, 0) is 33.0 Å². The van der Waals surface area contributed by atoms with Crippen molar-refractivity contribution in [3.63, 3.8) is 0 Å². The lowest BCUT2D eigenvalue weighted by Crippen LogP contribution is -2.48. The van der Waals surface area contributed by atoms with Crippen LogP contribution in [0.2, 0.25) is 25.2 Å². The van der Waals surface area contributed by atoms with Gasteiger partial charge in [-0.25, -0.2) is 0 Å². The molecule has 0 unspecified atom stereocenters. The SMILES string of the molecule is CCN(CC)[Si](C)(C)CC[SiH2]C=C(C)C. The molecule has 0 aromatic rings. The van der Waals surface area contributed by atoms with Gasteiger partial charge in [0.25, 0.3) is 0 Å². The summed E-state index contributed by atoms with van der Waals surface area (Å²) in [5.74, 6) is 0. The van der Waals surface area contributed by atoms with Crippen molar-refractivity contribution in [1.29, 1.82) is 0 Å². The number of hydrogen-bond acceptors (Lipinski definition) is 1. The maximum Gasteiger partial charge on any atom is 0.121 e. The Morgan fingerprint density at radius 1 is 1.20 bits per heavy atom. The number of rotatable bonds is 7. The largest absolute Gasteiger partial charge is 0.324 e. The minimum atomic E-state index is -1.07. The van der Waals surface area contributed by atoms with E-state index >= 15 is 0 Å².